The molecule has 172 valence electrons. The minimum absolute atomic E-state index is 0. The van der Waals surface area contributed by atoms with E-state index in [1.807, 2.05) is 80.4 Å². The summed E-state index contributed by atoms with van der Waals surface area (Å²) in [5.41, 5.74) is 1.97. The van der Waals surface area contributed by atoms with Crippen LogP contribution in [0.2, 0.25) is 0 Å². The SMILES string of the molecule is CCNC(=NCCCS(=O)(=O)Cc1ccccc1)N(C)Cc1ccc(OCC)cc1.I. The average Bonchev–Trinajstić information content (AvgIpc) is 2.72. The number of aliphatic imine (C=N–C) groups is 1. The lowest BCUT2D eigenvalue weighted by Gasteiger charge is -2.22. The first kappa shape index (κ1) is 27.2. The Morgan fingerprint density at radius 3 is 2.32 bits per heavy atom. The highest BCUT2D eigenvalue weighted by molar-refractivity contribution is 14.0. The molecular weight excluding hydrogens is 525 g/mol. The molecule has 0 saturated heterocycles. The van der Waals surface area contributed by atoms with Crippen LogP contribution >= 0.6 is 24.0 Å². The summed E-state index contributed by atoms with van der Waals surface area (Å²) in [5, 5.41) is 3.27. The zero-order valence-electron chi connectivity index (χ0n) is 18.6. The molecule has 2 rings (SSSR count). The number of ether oxygens (including phenoxy) is 1. The predicted octanol–water partition coefficient (Wildman–Crippen LogP) is 4.11. The minimum atomic E-state index is -3.14. The van der Waals surface area contributed by atoms with Gasteiger partial charge in [0.15, 0.2) is 15.8 Å². The second kappa shape index (κ2) is 14.3. The van der Waals surface area contributed by atoms with Gasteiger partial charge in [-0.15, -0.1) is 24.0 Å². The first-order chi connectivity index (χ1) is 14.4. The van der Waals surface area contributed by atoms with Crippen LogP contribution in [0.5, 0.6) is 5.75 Å². The fourth-order valence-electron chi connectivity index (χ4n) is 3.05. The topological polar surface area (TPSA) is 71.0 Å². The molecule has 0 aliphatic rings. The lowest BCUT2D eigenvalue weighted by atomic mass is 10.2. The Morgan fingerprint density at radius 2 is 1.71 bits per heavy atom. The fraction of sp³-hybridized carbons (Fsp3) is 0.435. The van der Waals surface area contributed by atoms with E-state index >= 15 is 0 Å². The van der Waals surface area contributed by atoms with Gasteiger partial charge in [0, 0.05) is 26.7 Å². The van der Waals surface area contributed by atoms with Crippen LogP contribution in [0.15, 0.2) is 59.6 Å². The molecule has 1 N–H and O–H groups in total. The van der Waals surface area contributed by atoms with Crippen molar-refractivity contribution in [2.24, 2.45) is 4.99 Å². The van der Waals surface area contributed by atoms with Gasteiger partial charge in [-0.05, 0) is 43.5 Å². The van der Waals surface area contributed by atoms with Crippen molar-refractivity contribution >= 4 is 39.8 Å². The molecule has 0 aliphatic carbocycles. The smallest absolute Gasteiger partial charge is 0.193 e. The molecular formula is C23H34IN3O3S. The van der Waals surface area contributed by atoms with Crippen LogP contribution in [0.3, 0.4) is 0 Å². The van der Waals surface area contributed by atoms with Crippen molar-refractivity contribution in [3.05, 3.63) is 65.7 Å². The summed E-state index contributed by atoms with van der Waals surface area (Å²) in [4.78, 5) is 6.65. The number of sulfone groups is 1. The summed E-state index contributed by atoms with van der Waals surface area (Å²) in [6.07, 6.45) is 0.501. The van der Waals surface area contributed by atoms with Crippen LogP contribution in [0, 0.1) is 0 Å². The molecule has 0 heterocycles. The number of hydrogen-bond donors (Lipinski definition) is 1. The van der Waals surface area contributed by atoms with E-state index in [0.29, 0.717) is 26.1 Å². The molecule has 0 fully saturated rings. The third-order valence-corrected chi connectivity index (χ3v) is 6.14. The molecule has 31 heavy (non-hydrogen) atoms. The number of hydrogen-bond acceptors (Lipinski definition) is 4. The standard InChI is InChI=1S/C23H33N3O3S.HI/c1-4-24-23(26(3)18-20-12-14-22(15-13-20)29-5-2)25-16-9-17-30(27,28)19-21-10-7-6-8-11-21;/h6-8,10-15H,4-5,9,16-19H2,1-3H3,(H,24,25);1H. The predicted molar refractivity (Wildman–Crippen MR) is 139 cm³/mol. The van der Waals surface area contributed by atoms with Gasteiger partial charge in [0.25, 0.3) is 0 Å². The zero-order valence-corrected chi connectivity index (χ0v) is 21.7. The Kier molecular flexibility index (Phi) is 12.5. The monoisotopic (exact) mass is 559 g/mol. The molecule has 0 amide bonds. The van der Waals surface area contributed by atoms with E-state index < -0.39 is 9.84 Å². The van der Waals surface area contributed by atoms with E-state index in [9.17, 15) is 8.42 Å². The van der Waals surface area contributed by atoms with E-state index in [1.54, 1.807) is 0 Å². The number of nitrogens with one attached hydrogen (secondary N) is 1. The summed E-state index contributed by atoms with van der Waals surface area (Å²) in [5.74, 6) is 1.84. The molecule has 2 aromatic carbocycles. The van der Waals surface area contributed by atoms with Gasteiger partial charge < -0.3 is 15.0 Å². The minimum Gasteiger partial charge on any atom is -0.494 e. The molecule has 6 nitrogen and oxygen atoms in total. The van der Waals surface area contributed by atoms with E-state index in [4.69, 9.17) is 4.74 Å². The third kappa shape index (κ3) is 10.4. The average molecular weight is 560 g/mol. The summed E-state index contributed by atoms with van der Waals surface area (Å²) in [6, 6.07) is 17.3. The first-order valence-corrected chi connectivity index (χ1v) is 12.2. The van der Waals surface area contributed by atoms with E-state index in [1.165, 1.54) is 0 Å². The summed E-state index contributed by atoms with van der Waals surface area (Å²) >= 11 is 0. The second-order valence-corrected chi connectivity index (χ2v) is 9.28. The second-order valence-electron chi connectivity index (χ2n) is 7.10. The van der Waals surface area contributed by atoms with Crippen molar-refractivity contribution < 1.29 is 13.2 Å². The van der Waals surface area contributed by atoms with Crippen LogP contribution < -0.4 is 10.1 Å². The summed E-state index contributed by atoms with van der Waals surface area (Å²) < 4.78 is 30.2. The fourth-order valence-corrected chi connectivity index (χ4v) is 4.46. The number of rotatable bonds is 11. The highest BCUT2D eigenvalue weighted by Gasteiger charge is 2.12. The van der Waals surface area contributed by atoms with Crippen molar-refractivity contribution in [2.45, 2.75) is 32.6 Å². The van der Waals surface area contributed by atoms with Gasteiger partial charge >= 0.3 is 0 Å². The Hall–Kier alpha value is -1.81. The maximum atomic E-state index is 12.3. The lowest BCUT2D eigenvalue weighted by Crippen LogP contribution is -2.38. The highest BCUT2D eigenvalue weighted by atomic mass is 127. The van der Waals surface area contributed by atoms with Crippen molar-refractivity contribution in [3.63, 3.8) is 0 Å². The van der Waals surface area contributed by atoms with Crippen LogP contribution in [-0.4, -0.2) is 51.8 Å². The number of benzene rings is 2. The van der Waals surface area contributed by atoms with Gasteiger partial charge in [-0.2, -0.15) is 0 Å². The number of nitrogens with zero attached hydrogens (tertiary/aromatic N) is 2. The van der Waals surface area contributed by atoms with Gasteiger partial charge in [-0.25, -0.2) is 8.42 Å². The Morgan fingerprint density at radius 1 is 1.03 bits per heavy atom. The lowest BCUT2D eigenvalue weighted by molar-refractivity contribution is 0.340. The molecule has 2 aromatic rings. The van der Waals surface area contributed by atoms with Crippen LogP contribution in [0.1, 0.15) is 31.4 Å². The Labute approximate surface area is 204 Å². The van der Waals surface area contributed by atoms with Gasteiger partial charge in [0.1, 0.15) is 5.75 Å². The molecule has 0 aromatic heterocycles. The van der Waals surface area contributed by atoms with Gasteiger partial charge in [0.2, 0.25) is 0 Å². The van der Waals surface area contributed by atoms with Crippen molar-refractivity contribution in [1.82, 2.24) is 10.2 Å². The van der Waals surface area contributed by atoms with E-state index in [2.05, 4.69) is 10.3 Å². The van der Waals surface area contributed by atoms with Crippen LogP contribution in [0.25, 0.3) is 0 Å². The highest BCUT2D eigenvalue weighted by Crippen LogP contribution is 2.13. The first-order valence-electron chi connectivity index (χ1n) is 10.4. The maximum absolute atomic E-state index is 12.3. The van der Waals surface area contributed by atoms with Crippen molar-refractivity contribution in [3.8, 4) is 5.75 Å². The Balaban J connectivity index is 0.00000480. The molecule has 0 bridgehead atoms. The maximum Gasteiger partial charge on any atom is 0.193 e. The molecule has 0 saturated carbocycles. The summed E-state index contributed by atoms with van der Waals surface area (Å²) in [7, 11) is -1.16. The van der Waals surface area contributed by atoms with Crippen molar-refractivity contribution in [1.29, 1.82) is 0 Å². The van der Waals surface area contributed by atoms with Gasteiger partial charge in [-0.1, -0.05) is 42.5 Å². The quantitative estimate of drug-likeness (QED) is 0.194. The molecule has 0 aliphatic heterocycles. The van der Waals surface area contributed by atoms with E-state index in [-0.39, 0.29) is 35.5 Å². The van der Waals surface area contributed by atoms with Gasteiger partial charge in [-0.3, -0.25) is 4.99 Å². The summed E-state index contributed by atoms with van der Waals surface area (Å²) in [6.45, 7) is 6.54. The van der Waals surface area contributed by atoms with Crippen LogP contribution in [0.4, 0.5) is 0 Å². The largest absolute Gasteiger partial charge is 0.494 e. The van der Waals surface area contributed by atoms with E-state index in [0.717, 1.165) is 29.4 Å². The number of guanidine groups is 1. The van der Waals surface area contributed by atoms with Crippen LogP contribution in [-0.2, 0) is 22.1 Å². The molecule has 8 heteroatoms. The molecule has 0 unspecified atom stereocenters. The molecule has 0 radical (unpaired) electrons. The number of halogens is 1. The Bertz CT molecular complexity index is 888. The third-order valence-electron chi connectivity index (χ3n) is 4.45. The molecule has 0 spiro atoms. The van der Waals surface area contributed by atoms with Crippen molar-refractivity contribution in [2.75, 3.05) is 32.5 Å². The van der Waals surface area contributed by atoms with Gasteiger partial charge in [0.05, 0.1) is 18.1 Å². The normalized spacial score (nSPS) is 11.5. The molecule has 0 atom stereocenters. The zero-order chi connectivity index (χ0) is 21.8.